The molecule has 0 spiro atoms. The quantitative estimate of drug-likeness (QED) is 0.873. The van der Waals surface area contributed by atoms with Gasteiger partial charge in [-0.1, -0.05) is 6.07 Å². The van der Waals surface area contributed by atoms with Crippen molar-refractivity contribution in [2.45, 2.75) is 31.8 Å². The van der Waals surface area contributed by atoms with Crippen LogP contribution in [0.3, 0.4) is 0 Å². The molecular formula is C14H19N3O2. The van der Waals surface area contributed by atoms with Gasteiger partial charge in [0.05, 0.1) is 0 Å². The molecule has 102 valence electrons. The molecule has 3 rings (SSSR count). The number of rotatable bonds is 2. The predicted octanol–water partition coefficient (Wildman–Crippen LogP) is 1.45. The number of hydrogen-bond donors (Lipinski definition) is 1. The summed E-state index contributed by atoms with van der Waals surface area (Å²) in [5.41, 5.74) is 0.124. The van der Waals surface area contributed by atoms with Crippen molar-refractivity contribution in [3.8, 4) is 0 Å². The van der Waals surface area contributed by atoms with Crippen molar-refractivity contribution in [3.63, 3.8) is 0 Å². The summed E-state index contributed by atoms with van der Waals surface area (Å²) in [6.07, 6.45) is 2.51. The lowest BCUT2D eigenvalue weighted by atomic mass is 10.1. The molecule has 0 saturated carbocycles. The van der Waals surface area contributed by atoms with Gasteiger partial charge in [0.15, 0.2) is 5.69 Å². The Kier molecular flexibility index (Phi) is 3.14. The molecular weight excluding hydrogens is 242 g/mol. The van der Waals surface area contributed by atoms with E-state index in [9.17, 15) is 4.79 Å². The molecule has 2 saturated heterocycles. The number of carbonyl (C=O) groups is 1. The fourth-order valence-electron chi connectivity index (χ4n) is 3.21. The molecule has 1 N–H and O–H groups in total. The van der Waals surface area contributed by atoms with Gasteiger partial charge in [-0.2, -0.15) is 0 Å². The normalized spacial score (nSPS) is 27.3. The van der Waals surface area contributed by atoms with Crippen molar-refractivity contribution in [1.82, 2.24) is 9.88 Å². The van der Waals surface area contributed by atoms with E-state index in [1.807, 2.05) is 6.07 Å². The Bertz CT molecular complexity index is 491. The third kappa shape index (κ3) is 2.30. The van der Waals surface area contributed by atoms with Gasteiger partial charge >= 0.3 is 5.97 Å². The molecule has 2 aliphatic heterocycles. The predicted molar refractivity (Wildman–Crippen MR) is 72.6 cm³/mol. The zero-order valence-corrected chi connectivity index (χ0v) is 11.1. The van der Waals surface area contributed by atoms with Gasteiger partial charge in [0.2, 0.25) is 0 Å². The van der Waals surface area contributed by atoms with Crippen LogP contribution in [0.1, 0.15) is 30.3 Å². The maximum Gasteiger partial charge on any atom is 0.354 e. The van der Waals surface area contributed by atoms with E-state index < -0.39 is 5.97 Å². The van der Waals surface area contributed by atoms with Gasteiger partial charge in [0.1, 0.15) is 5.82 Å². The second-order valence-electron chi connectivity index (χ2n) is 5.48. The van der Waals surface area contributed by atoms with Gasteiger partial charge in [-0.15, -0.1) is 0 Å². The van der Waals surface area contributed by atoms with Crippen LogP contribution in [0.4, 0.5) is 5.82 Å². The number of hydrogen-bond acceptors (Lipinski definition) is 4. The number of piperazine rings is 1. The van der Waals surface area contributed by atoms with Crippen molar-refractivity contribution >= 4 is 11.8 Å². The van der Waals surface area contributed by atoms with Crippen LogP contribution in [0, 0.1) is 0 Å². The number of aromatic carboxylic acids is 1. The topological polar surface area (TPSA) is 56.7 Å². The van der Waals surface area contributed by atoms with Crippen molar-refractivity contribution in [2.75, 3.05) is 24.5 Å². The van der Waals surface area contributed by atoms with Crippen LogP contribution in [-0.2, 0) is 0 Å². The second kappa shape index (κ2) is 4.81. The lowest BCUT2D eigenvalue weighted by Gasteiger charge is -2.43. The molecule has 3 heterocycles. The minimum atomic E-state index is -0.964. The lowest BCUT2D eigenvalue weighted by molar-refractivity contribution is 0.0690. The number of carboxylic acids is 1. The number of pyridine rings is 1. The molecule has 1 aromatic heterocycles. The van der Waals surface area contributed by atoms with E-state index in [1.165, 1.54) is 19.4 Å². The fourth-order valence-corrected chi connectivity index (χ4v) is 3.21. The molecule has 0 radical (unpaired) electrons. The van der Waals surface area contributed by atoms with Gasteiger partial charge in [-0.25, -0.2) is 9.78 Å². The van der Waals surface area contributed by atoms with E-state index in [1.54, 1.807) is 12.1 Å². The van der Waals surface area contributed by atoms with E-state index >= 15 is 0 Å². The average molecular weight is 261 g/mol. The summed E-state index contributed by atoms with van der Waals surface area (Å²) in [5, 5.41) is 9.03. The Balaban J connectivity index is 1.84. The SMILES string of the molecule is CC1CN2CCCC2CN1c1cccc(C(=O)O)n1. The summed E-state index contributed by atoms with van der Waals surface area (Å²) in [6, 6.07) is 6.22. The Morgan fingerprint density at radius 1 is 1.42 bits per heavy atom. The van der Waals surface area contributed by atoms with E-state index in [0.717, 1.165) is 18.9 Å². The van der Waals surface area contributed by atoms with E-state index in [4.69, 9.17) is 5.11 Å². The zero-order chi connectivity index (χ0) is 13.4. The molecule has 0 aliphatic carbocycles. The van der Waals surface area contributed by atoms with E-state index in [0.29, 0.717) is 12.1 Å². The van der Waals surface area contributed by atoms with Crippen LogP contribution < -0.4 is 4.90 Å². The zero-order valence-electron chi connectivity index (χ0n) is 11.1. The maximum absolute atomic E-state index is 11.0. The van der Waals surface area contributed by atoms with Gasteiger partial charge < -0.3 is 10.0 Å². The summed E-state index contributed by atoms with van der Waals surface area (Å²) in [7, 11) is 0. The Labute approximate surface area is 112 Å². The number of nitrogens with zero attached hydrogens (tertiary/aromatic N) is 3. The van der Waals surface area contributed by atoms with Gasteiger partial charge in [-0.05, 0) is 38.4 Å². The van der Waals surface area contributed by atoms with Crippen molar-refractivity contribution in [3.05, 3.63) is 23.9 Å². The highest BCUT2D eigenvalue weighted by Gasteiger charge is 2.34. The molecule has 2 aliphatic rings. The minimum absolute atomic E-state index is 0.124. The number of aromatic nitrogens is 1. The molecule has 5 heteroatoms. The molecule has 1 aromatic rings. The average Bonchev–Trinajstić information content (AvgIpc) is 2.85. The Hall–Kier alpha value is -1.62. The van der Waals surface area contributed by atoms with Crippen molar-refractivity contribution < 1.29 is 9.90 Å². The second-order valence-corrected chi connectivity index (χ2v) is 5.48. The summed E-state index contributed by atoms with van der Waals surface area (Å²) in [4.78, 5) is 20.1. The Morgan fingerprint density at radius 3 is 3.05 bits per heavy atom. The van der Waals surface area contributed by atoms with Gasteiger partial charge in [-0.3, -0.25) is 4.90 Å². The Morgan fingerprint density at radius 2 is 2.26 bits per heavy atom. The van der Waals surface area contributed by atoms with E-state index in [-0.39, 0.29) is 5.69 Å². The molecule has 2 atom stereocenters. The van der Waals surface area contributed by atoms with Crippen LogP contribution in [0.5, 0.6) is 0 Å². The van der Waals surface area contributed by atoms with Gasteiger partial charge in [0.25, 0.3) is 0 Å². The fraction of sp³-hybridized carbons (Fsp3) is 0.571. The van der Waals surface area contributed by atoms with Crippen LogP contribution in [-0.4, -0.2) is 52.7 Å². The number of fused-ring (bicyclic) bond motifs is 1. The molecule has 0 amide bonds. The van der Waals surface area contributed by atoms with Crippen molar-refractivity contribution in [1.29, 1.82) is 0 Å². The highest BCUT2D eigenvalue weighted by molar-refractivity contribution is 5.85. The molecule has 2 unspecified atom stereocenters. The first kappa shape index (κ1) is 12.4. The third-order valence-corrected chi connectivity index (χ3v) is 4.19. The third-order valence-electron chi connectivity index (χ3n) is 4.19. The summed E-state index contributed by atoms with van der Waals surface area (Å²) in [5.74, 6) is -0.173. The monoisotopic (exact) mass is 261 g/mol. The van der Waals surface area contributed by atoms with Crippen LogP contribution in [0.15, 0.2) is 18.2 Å². The summed E-state index contributed by atoms with van der Waals surface area (Å²) < 4.78 is 0. The first-order valence-electron chi connectivity index (χ1n) is 6.86. The molecule has 0 bridgehead atoms. The molecule has 2 fully saturated rings. The standard InChI is InChI=1S/C14H19N3O2/c1-10-8-16-7-3-4-11(16)9-17(10)13-6-2-5-12(15-13)14(18)19/h2,5-6,10-11H,3-4,7-9H2,1H3,(H,18,19). The summed E-state index contributed by atoms with van der Waals surface area (Å²) >= 11 is 0. The number of anilines is 1. The first-order chi connectivity index (χ1) is 9.15. The lowest BCUT2D eigenvalue weighted by Crippen LogP contribution is -2.55. The van der Waals surface area contributed by atoms with Crippen LogP contribution in [0.25, 0.3) is 0 Å². The minimum Gasteiger partial charge on any atom is -0.477 e. The van der Waals surface area contributed by atoms with Crippen molar-refractivity contribution in [2.24, 2.45) is 0 Å². The smallest absolute Gasteiger partial charge is 0.354 e. The summed E-state index contributed by atoms with van der Waals surface area (Å²) in [6.45, 7) is 5.38. The largest absolute Gasteiger partial charge is 0.477 e. The molecule has 5 nitrogen and oxygen atoms in total. The van der Waals surface area contributed by atoms with Gasteiger partial charge in [0, 0.05) is 25.2 Å². The number of carboxylic acid groups (broad SMARTS) is 1. The van der Waals surface area contributed by atoms with Crippen LogP contribution in [0.2, 0.25) is 0 Å². The molecule has 19 heavy (non-hydrogen) atoms. The highest BCUT2D eigenvalue weighted by Crippen LogP contribution is 2.27. The highest BCUT2D eigenvalue weighted by atomic mass is 16.4. The first-order valence-corrected chi connectivity index (χ1v) is 6.86. The van der Waals surface area contributed by atoms with E-state index in [2.05, 4.69) is 21.7 Å². The molecule has 0 aromatic carbocycles. The maximum atomic E-state index is 11.0. The van der Waals surface area contributed by atoms with Crippen LogP contribution >= 0.6 is 0 Å².